The lowest BCUT2D eigenvalue weighted by molar-refractivity contribution is -0.0712. The molecule has 0 fully saturated rings. The number of benzene rings is 1. The van der Waals surface area contributed by atoms with Crippen molar-refractivity contribution in [2.45, 2.75) is 12.0 Å². The van der Waals surface area contributed by atoms with Crippen LogP contribution in [0, 0.1) is 11.6 Å². The maximum absolute atomic E-state index is 12.9. The first-order valence-electron chi connectivity index (χ1n) is 4.07. The first kappa shape index (κ1) is 15.2. The third-order valence-corrected chi connectivity index (χ3v) is 1.91. The van der Waals surface area contributed by atoms with Crippen molar-refractivity contribution in [2.24, 2.45) is 5.73 Å². The van der Waals surface area contributed by atoms with E-state index in [0.29, 0.717) is 18.2 Å². The number of rotatable bonds is 3. The molecule has 0 aliphatic carbocycles. The molecule has 1 atom stereocenters. The molecule has 0 saturated carbocycles. The number of halogens is 5. The van der Waals surface area contributed by atoms with E-state index in [4.69, 9.17) is 10.8 Å². The van der Waals surface area contributed by atoms with Crippen molar-refractivity contribution < 1.29 is 22.7 Å². The van der Waals surface area contributed by atoms with Gasteiger partial charge in [0.15, 0.2) is 0 Å². The van der Waals surface area contributed by atoms with Gasteiger partial charge in [-0.2, -0.15) is 0 Å². The Kier molecular flexibility index (Phi) is 5.18. The molecule has 0 bridgehead atoms. The van der Waals surface area contributed by atoms with Gasteiger partial charge in [0.25, 0.3) is 5.92 Å². The van der Waals surface area contributed by atoms with Crippen LogP contribution in [0.25, 0.3) is 0 Å². The van der Waals surface area contributed by atoms with Gasteiger partial charge in [0.2, 0.25) is 0 Å². The molecular formula is C9H10ClF4NO. The van der Waals surface area contributed by atoms with Gasteiger partial charge in [-0.1, -0.05) is 0 Å². The van der Waals surface area contributed by atoms with Crippen molar-refractivity contribution in [3.8, 4) is 0 Å². The van der Waals surface area contributed by atoms with Gasteiger partial charge in [0.1, 0.15) is 18.2 Å². The molecule has 0 unspecified atom stereocenters. The van der Waals surface area contributed by atoms with Crippen LogP contribution in [-0.2, 0) is 0 Å². The fourth-order valence-electron chi connectivity index (χ4n) is 1.10. The second-order valence-corrected chi connectivity index (χ2v) is 3.10. The lowest BCUT2D eigenvalue weighted by Gasteiger charge is -2.21. The Balaban J connectivity index is 0.00000225. The third kappa shape index (κ3) is 3.33. The lowest BCUT2D eigenvalue weighted by atomic mass is 10.0. The topological polar surface area (TPSA) is 46.2 Å². The number of alkyl halides is 2. The van der Waals surface area contributed by atoms with E-state index >= 15 is 0 Å². The average molecular weight is 260 g/mol. The first-order valence-corrected chi connectivity index (χ1v) is 4.07. The Morgan fingerprint density at radius 2 is 1.62 bits per heavy atom. The molecule has 1 aromatic carbocycles. The summed E-state index contributed by atoms with van der Waals surface area (Å²) in [6.45, 7) is -1.48. The van der Waals surface area contributed by atoms with E-state index in [1.807, 2.05) is 0 Å². The van der Waals surface area contributed by atoms with Crippen LogP contribution in [0.5, 0.6) is 0 Å². The molecule has 1 aromatic rings. The monoisotopic (exact) mass is 259 g/mol. The van der Waals surface area contributed by atoms with Crippen LogP contribution in [0.4, 0.5) is 17.6 Å². The minimum Gasteiger partial charge on any atom is -0.390 e. The number of aliphatic hydroxyl groups is 1. The van der Waals surface area contributed by atoms with Crippen LogP contribution in [0.2, 0.25) is 0 Å². The fraction of sp³-hybridized carbons (Fsp3) is 0.333. The molecule has 0 aliphatic heterocycles. The SMILES string of the molecule is Cl.N[C@H](c1cc(F)cc(F)c1)C(F)(F)CO. The van der Waals surface area contributed by atoms with Crippen molar-refractivity contribution in [1.29, 1.82) is 0 Å². The molecular weight excluding hydrogens is 250 g/mol. The highest BCUT2D eigenvalue weighted by Gasteiger charge is 2.37. The van der Waals surface area contributed by atoms with E-state index in [1.54, 1.807) is 0 Å². The van der Waals surface area contributed by atoms with Gasteiger partial charge in [-0.3, -0.25) is 0 Å². The van der Waals surface area contributed by atoms with Gasteiger partial charge in [-0.25, -0.2) is 17.6 Å². The van der Waals surface area contributed by atoms with Crippen LogP contribution in [0.1, 0.15) is 11.6 Å². The zero-order valence-electron chi connectivity index (χ0n) is 7.96. The zero-order chi connectivity index (χ0) is 11.6. The van der Waals surface area contributed by atoms with Gasteiger partial charge >= 0.3 is 0 Å². The second kappa shape index (κ2) is 5.47. The Bertz CT molecular complexity index is 341. The van der Waals surface area contributed by atoms with Crippen molar-refractivity contribution >= 4 is 12.4 Å². The number of aliphatic hydroxyl groups excluding tert-OH is 1. The molecule has 16 heavy (non-hydrogen) atoms. The highest BCUT2D eigenvalue weighted by Crippen LogP contribution is 2.29. The van der Waals surface area contributed by atoms with Gasteiger partial charge in [0.05, 0.1) is 6.04 Å². The summed E-state index contributed by atoms with van der Waals surface area (Å²) in [4.78, 5) is 0. The van der Waals surface area contributed by atoms with Crippen molar-refractivity contribution in [3.05, 3.63) is 35.4 Å². The molecule has 1 rings (SSSR count). The quantitative estimate of drug-likeness (QED) is 0.816. The van der Waals surface area contributed by atoms with Gasteiger partial charge in [-0.05, 0) is 17.7 Å². The molecule has 3 N–H and O–H groups in total. The average Bonchev–Trinajstić information content (AvgIpc) is 2.15. The summed E-state index contributed by atoms with van der Waals surface area (Å²) < 4.78 is 51.1. The summed E-state index contributed by atoms with van der Waals surface area (Å²) >= 11 is 0. The zero-order valence-corrected chi connectivity index (χ0v) is 8.78. The van der Waals surface area contributed by atoms with Gasteiger partial charge in [0, 0.05) is 6.07 Å². The summed E-state index contributed by atoms with van der Waals surface area (Å²) in [6, 6.07) is 0.0229. The van der Waals surface area contributed by atoms with E-state index in [1.165, 1.54) is 0 Å². The smallest absolute Gasteiger partial charge is 0.289 e. The fourth-order valence-corrected chi connectivity index (χ4v) is 1.10. The standard InChI is InChI=1S/C9H9F4NO.ClH/c10-6-1-5(2-7(11)3-6)8(14)9(12,13)4-15;/h1-3,8,15H,4,14H2;1H/t8-;/m1./s1. The normalized spacial score (nSPS) is 13.1. The summed E-state index contributed by atoms with van der Waals surface area (Å²) in [5.41, 5.74) is 4.68. The highest BCUT2D eigenvalue weighted by atomic mass is 35.5. The molecule has 0 spiro atoms. The van der Waals surface area contributed by atoms with Crippen molar-refractivity contribution in [3.63, 3.8) is 0 Å². The Hall–Kier alpha value is -0.850. The van der Waals surface area contributed by atoms with E-state index in [-0.39, 0.29) is 12.4 Å². The minimum absolute atomic E-state index is 0. The highest BCUT2D eigenvalue weighted by molar-refractivity contribution is 5.85. The molecule has 0 heterocycles. The summed E-state index contributed by atoms with van der Waals surface area (Å²) in [6.07, 6.45) is 0. The van der Waals surface area contributed by atoms with Crippen LogP contribution in [0.3, 0.4) is 0 Å². The Morgan fingerprint density at radius 3 is 2.00 bits per heavy atom. The van der Waals surface area contributed by atoms with Crippen LogP contribution < -0.4 is 5.73 Å². The largest absolute Gasteiger partial charge is 0.390 e. The predicted molar refractivity (Wildman–Crippen MR) is 52.6 cm³/mol. The number of hydrogen-bond donors (Lipinski definition) is 2. The number of hydrogen-bond acceptors (Lipinski definition) is 2. The Morgan fingerprint density at radius 1 is 1.19 bits per heavy atom. The predicted octanol–water partition coefficient (Wildman–Crippen LogP) is 2.01. The summed E-state index contributed by atoms with van der Waals surface area (Å²) in [5.74, 6) is -5.59. The first-order chi connectivity index (χ1) is 6.86. The lowest BCUT2D eigenvalue weighted by Crippen LogP contribution is -2.36. The maximum atomic E-state index is 12.9. The van der Waals surface area contributed by atoms with Crippen molar-refractivity contribution in [1.82, 2.24) is 0 Å². The molecule has 0 radical (unpaired) electrons. The summed E-state index contributed by atoms with van der Waals surface area (Å²) in [5, 5.41) is 8.35. The van der Waals surface area contributed by atoms with Crippen LogP contribution >= 0.6 is 12.4 Å². The summed E-state index contributed by atoms with van der Waals surface area (Å²) in [7, 11) is 0. The molecule has 0 aromatic heterocycles. The van der Waals surface area contributed by atoms with Crippen LogP contribution in [-0.4, -0.2) is 17.6 Å². The molecule has 7 heteroatoms. The van der Waals surface area contributed by atoms with E-state index < -0.39 is 35.8 Å². The molecule has 0 aliphatic rings. The maximum Gasteiger partial charge on any atom is 0.289 e. The van der Waals surface area contributed by atoms with E-state index in [9.17, 15) is 17.6 Å². The van der Waals surface area contributed by atoms with E-state index in [2.05, 4.69) is 0 Å². The van der Waals surface area contributed by atoms with Gasteiger partial charge in [-0.15, -0.1) is 12.4 Å². The number of nitrogens with two attached hydrogens (primary N) is 1. The van der Waals surface area contributed by atoms with Crippen molar-refractivity contribution in [2.75, 3.05) is 6.61 Å². The Labute approximate surface area is 95.5 Å². The minimum atomic E-state index is -3.61. The molecule has 0 saturated heterocycles. The van der Waals surface area contributed by atoms with Crippen LogP contribution in [0.15, 0.2) is 18.2 Å². The third-order valence-electron chi connectivity index (χ3n) is 1.91. The molecule has 92 valence electrons. The molecule has 2 nitrogen and oxygen atoms in total. The van der Waals surface area contributed by atoms with E-state index in [0.717, 1.165) is 0 Å². The second-order valence-electron chi connectivity index (χ2n) is 3.10. The van der Waals surface area contributed by atoms with Gasteiger partial charge < -0.3 is 10.8 Å². The molecule has 0 amide bonds.